The first-order valence-corrected chi connectivity index (χ1v) is 5.10. The molecule has 78 valence electrons. The van der Waals surface area contributed by atoms with Crippen LogP contribution in [-0.4, -0.2) is 9.55 Å². The van der Waals surface area contributed by atoms with Crippen molar-refractivity contribution in [1.29, 1.82) is 0 Å². The van der Waals surface area contributed by atoms with Gasteiger partial charge in [0.2, 0.25) is 0 Å². The summed E-state index contributed by atoms with van der Waals surface area (Å²) in [5.41, 5.74) is 8.83. The smallest absolute Gasteiger partial charge is 0.140 e. The summed E-state index contributed by atoms with van der Waals surface area (Å²) >= 11 is 0. The van der Waals surface area contributed by atoms with Crippen LogP contribution in [0.2, 0.25) is 0 Å². The maximum atomic E-state index is 5.72. The summed E-state index contributed by atoms with van der Waals surface area (Å²) in [6.07, 6.45) is 3.82. The molecule has 0 atom stereocenters. The molecular formula is C12H15N3. The molecule has 0 amide bonds. The highest BCUT2D eigenvalue weighted by atomic mass is 15.1. The van der Waals surface area contributed by atoms with Crippen molar-refractivity contribution in [3.8, 4) is 11.4 Å². The number of aryl methyl sites for hydroxylation is 2. The van der Waals surface area contributed by atoms with Crippen LogP contribution < -0.4 is 5.73 Å². The summed E-state index contributed by atoms with van der Waals surface area (Å²) in [7, 11) is 0. The zero-order valence-corrected chi connectivity index (χ0v) is 9.07. The van der Waals surface area contributed by atoms with Crippen molar-refractivity contribution in [3.05, 3.63) is 36.2 Å². The van der Waals surface area contributed by atoms with Gasteiger partial charge in [-0.05, 0) is 37.6 Å². The standard InChI is InChI=1S/C12H15N3/c1-3-15-7-6-14-12(15)11-5-4-10(13)8-9(11)2/h4-8H,3,13H2,1-2H3. The molecule has 0 radical (unpaired) electrons. The summed E-state index contributed by atoms with van der Waals surface area (Å²) in [6, 6.07) is 5.92. The van der Waals surface area contributed by atoms with E-state index in [9.17, 15) is 0 Å². The predicted octanol–water partition coefficient (Wildman–Crippen LogP) is 2.46. The summed E-state index contributed by atoms with van der Waals surface area (Å²) in [6.45, 7) is 5.09. The molecule has 0 aliphatic carbocycles. The molecule has 0 fully saturated rings. The van der Waals surface area contributed by atoms with Crippen LogP contribution in [0.4, 0.5) is 5.69 Å². The highest BCUT2D eigenvalue weighted by Gasteiger charge is 2.07. The summed E-state index contributed by atoms with van der Waals surface area (Å²) in [5, 5.41) is 0. The first kappa shape index (κ1) is 9.77. The first-order valence-electron chi connectivity index (χ1n) is 5.10. The Kier molecular flexibility index (Phi) is 2.46. The fraction of sp³-hybridized carbons (Fsp3) is 0.250. The van der Waals surface area contributed by atoms with Gasteiger partial charge in [0.25, 0.3) is 0 Å². The van der Waals surface area contributed by atoms with Gasteiger partial charge in [-0.3, -0.25) is 0 Å². The van der Waals surface area contributed by atoms with Gasteiger partial charge in [0, 0.05) is 30.2 Å². The molecule has 2 rings (SSSR count). The van der Waals surface area contributed by atoms with Crippen molar-refractivity contribution >= 4 is 5.69 Å². The van der Waals surface area contributed by atoms with Crippen LogP contribution in [0.5, 0.6) is 0 Å². The number of imidazole rings is 1. The Morgan fingerprint density at radius 3 is 2.87 bits per heavy atom. The number of hydrogen-bond acceptors (Lipinski definition) is 2. The lowest BCUT2D eigenvalue weighted by atomic mass is 10.1. The molecule has 0 bridgehead atoms. The third-order valence-electron chi connectivity index (χ3n) is 2.55. The van der Waals surface area contributed by atoms with Gasteiger partial charge in [0.05, 0.1) is 0 Å². The second-order valence-corrected chi connectivity index (χ2v) is 3.61. The zero-order valence-electron chi connectivity index (χ0n) is 9.07. The van der Waals surface area contributed by atoms with Crippen LogP contribution in [0.15, 0.2) is 30.6 Å². The topological polar surface area (TPSA) is 43.8 Å². The summed E-state index contributed by atoms with van der Waals surface area (Å²) in [4.78, 5) is 4.37. The van der Waals surface area contributed by atoms with E-state index in [-0.39, 0.29) is 0 Å². The van der Waals surface area contributed by atoms with Crippen molar-refractivity contribution in [3.63, 3.8) is 0 Å². The summed E-state index contributed by atoms with van der Waals surface area (Å²) in [5.74, 6) is 1.01. The number of aromatic nitrogens is 2. The van der Waals surface area contributed by atoms with Crippen LogP contribution >= 0.6 is 0 Å². The molecule has 1 aromatic carbocycles. The van der Waals surface area contributed by atoms with Crippen molar-refractivity contribution in [2.45, 2.75) is 20.4 Å². The molecule has 2 aromatic rings. The minimum Gasteiger partial charge on any atom is -0.399 e. The number of nitrogens with zero attached hydrogens (tertiary/aromatic N) is 2. The summed E-state index contributed by atoms with van der Waals surface area (Å²) < 4.78 is 2.12. The fourth-order valence-electron chi connectivity index (χ4n) is 1.75. The number of benzene rings is 1. The maximum absolute atomic E-state index is 5.72. The Morgan fingerprint density at radius 2 is 2.20 bits per heavy atom. The molecule has 3 nitrogen and oxygen atoms in total. The van der Waals surface area contributed by atoms with Gasteiger partial charge in [0.1, 0.15) is 5.82 Å². The molecule has 1 heterocycles. The van der Waals surface area contributed by atoms with Crippen LogP contribution in [-0.2, 0) is 6.54 Å². The first-order chi connectivity index (χ1) is 7.22. The average molecular weight is 201 g/mol. The van der Waals surface area contributed by atoms with Crippen LogP contribution in [0.25, 0.3) is 11.4 Å². The quantitative estimate of drug-likeness (QED) is 0.758. The molecule has 0 aliphatic heterocycles. The lowest BCUT2D eigenvalue weighted by Gasteiger charge is -2.08. The van der Waals surface area contributed by atoms with E-state index in [0.29, 0.717) is 0 Å². The van der Waals surface area contributed by atoms with Gasteiger partial charge in [-0.15, -0.1) is 0 Å². The number of rotatable bonds is 2. The Hall–Kier alpha value is -1.77. The second kappa shape index (κ2) is 3.77. The minimum absolute atomic E-state index is 0.797. The maximum Gasteiger partial charge on any atom is 0.140 e. The predicted molar refractivity (Wildman–Crippen MR) is 62.5 cm³/mol. The van der Waals surface area contributed by atoms with Gasteiger partial charge >= 0.3 is 0 Å². The van der Waals surface area contributed by atoms with Crippen LogP contribution in [0, 0.1) is 6.92 Å². The average Bonchev–Trinajstić information content (AvgIpc) is 2.65. The zero-order chi connectivity index (χ0) is 10.8. The van der Waals surface area contributed by atoms with E-state index in [4.69, 9.17) is 5.73 Å². The van der Waals surface area contributed by atoms with E-state index < -0.39 is 0 Å². The van der Waals surface area contributed by atoms with Crippen molar-refractivity contribution < 1.29 is 0 Å². The largest absolute Gasteiger partial charge is 0.399 e. The molecular weight excluding hydrogens is 186 g/mol. The van der Waals surface area contributed by atoms with Gasteiger partial charge in [-0.25, -0.2) is 4.98 Å². The van der Waals surface area contributed by atoms with Crippen molar-refractivity contribution in [2.75, 3.05) is 5.73 Å². The molecule has 15 heavy (non-hydrogen) atoms. The van der Waals surface area contributed by atoms with E-state index in [0.717, 1.165) is 29.2 Å². The minimum atomic E-state index is 0.797. The number of hydrogen-bond donors (Lipinski definition) is 1. The van der Waals surface area contributed by atoms with Gasteiger partial charge < -0.3 is 10.3 Å². The number of nitrogen functional groups attached to an aromatic ring is 1. The Balaban J connectivity index is 2.54. The molecule has 0 aliphatic rings. The normalized spacial score (nSPS) is 10.5. The number of anilines is 1. The highest BCUT2D eigenvalue weighted by molar-refractivity contribution is 5.64. The van der Waals surface area contributed by atoms with E-state index in [1.54, 1.807) is 0 Å². The fourth-order valence-corrected chi connectivity index (χ4v) is 1.75. The number of nitrogens with two attached hydrogens (primary N) is 1. The third-order valence-corrected chi connectivity index (χ3v) is 2.55. The van der Waals surface area contributed by atoms with E-state index in [1.807, 2.05) is 30.6 Å². The lowest BCUT2D eigenvalue weighted by molar-refractivity contribution is 0.770. The Morgan fingerprint density at radius 1 is 1.40 bits per heavy atom. The molecule has 0 saturated carbocycles. The third kappa shape index (κ3) is 1.73. The van der Waals surface area contributed by atoms with E-state index in [1.165, 1.54) is 0 Å². The molecule has 3 heteroatoms. The molecule has 2 N–H and O–H groups in total. The monoisotopic (exact) mass is 201 g/mol. The van der Waals surface area contributed by atoms with Gasteiger partial charge in [0.15, 0.2) is 0 Å². The van der Waals surface area contributed by atoms with E-state index in [2.05, 4.69) is 23.4 Å². The molecule has 0 unspecified atom stereocenters. The lowest BCUT2D eigenvalue weighted by Crippen LogP contribution is -1.98. The van der Waals surface area contributed by atoms with Crippen LogP contribution in [0.3, 0.4) is 0 Å². The van der Waals surface area contributed by atoms with Crippen LogP contribution in [0.1, 0.15) is 12.5 Å². The Labute approximate surface area is 89.6 Å². The molecule has 1 aromatic heterocycles. The van der Waals surface area contributed by atoms with Crippen molar-refractivity contribution in [1.82, 2.24) is 9.55 Å². The molecule has 0 saturated heterocycles. The van der Waals surface area contributed by atoms with Gasteiger partial charge in [-0.1, -0.05) is 0 Å². The SMILES string of the molecule is CCn1ccnc1-c1ccc(N)cc1C. The molecule has 0 spiro atoms. The Bertz CT molecular complexity index is 471. The van der Waals surface area contributed by atoms with E-state index >= 15 is 0 Å². The highest BCUT2D eigenvalue weighted by Crippen LogP contribution is 2.23. The van der Waals surface area contributed by atoms with Crippen molar-refractivity contribution in [2.24, 2.45) is 0 Å². The second-order valence-electron chi connectivity index (χ2n) is 3.61. The van der Waals surface area contributed by atoms with Gasteiger partial charge in [-0.2, -0.15) is 0 Å².